The number of aromatic nitrogens is 4. The zero-order valence-corrected chi connectivity index (χ0v) is 18.9. The summed E-state index contributed by atoms with van der Waals surface area (Å²) in [6.45, 7) is -0.140. The number of benzene rings is 2. The van der Waals surface area contributed by atoms with Crippen LogP contribution in [0.3, 0.4) is 0 Å². The minimum Gasteiger partial charge on any atom is -0.382 e. The van der Waals surface area contributed by atoms with Crippen LogP contribution in [0, 0.1) is 0 Å². The van der Waals surface area contributed by atoms with E-state index in [1.807, 2.05) is 0 Å². The van der Waals surface area contributed by atoms with E-state index in [0.717, 1.165) is 23.5 Å². The van der Waals surface area contributed by atoms with Gasteiger partial charge in [-0.1, -0.05) is 18.2 Å². The zero-order chi connectivity index (χ0) is 25.4. The second kappa shape index (κ2) is 8.91. The number of nitrogens with zero attached hydrogens (tertiary/aromatic N) is 5. The molecule has 9 nitrogen and oxygen atoms in total. The van der Waals surface area contributed by atoms with Gasteiger partial charge in [0.15, 0.2) is 9.84 Å². The van der Waals surface area contributed by atoms with E-state index in [9.17, 15) is 26.4 Å². The third-order valence-electron chi connectivity index (χ3n) is 4.92. The summed E-state index contributed by atoms with van der Waals surface area (Å²) in [4.78, 5) is 29.3. The Morgan fingerprint density at radius 1 is 1.00 bits per heavy atom. The summed E-state index contributed by atoms with van der Waals surface area (Å²) in [6.07, 6.45) is -0.894. The molecule has 0 saturated carbocycles. The molecule has 0 fully saturated rings. The number of hydrogen-bond acceptors (Lipinski definition) is 8. The molecule has 0 radical (unpaired) electrons. The summed E-state index contributed by atoms with van der Waals surface area (Å²) >= 11 is 0. The van der Waals surface area contributed by atoms with Gasteiger partial charge in [0.25, 0.3) is 5.91 Å². The standard InChI is InChI=1S/C22H17F3N6O3S/c1-35(33,34)18-5-3-2-4-17(18)31(20(32)14-9-28-21(29-10-14)22(23,24)25)12-13-6-7-15-16(8-13)30-19(26)11-27-15/h2-11H,12H2,1H3,(H2,26,30). The molecule has 0 saturated heterocycles. The highest BCUT2D eigenvalue weighted by molar-refractivity contribution is 7.90. The number of nitrogens with two attached hydrogens (primary N) is 1. The summed E-state index contributed by atoms with van der Waals surface area (Å²) in [5, 5.41) is 0. The minimum absolute atomic E-state index is 0.0404. The molecule has 0 aliphatic carbocycles. The van der Waals surface area contributed by atoms with Crippen LogP contribution >= 0.6 is 0 Å². The number of carbonyl (C=O) groups excluding carboxylic acids is 1. The van der Waals surface area contributed by atoms with Crippen LogP contribution in [0.4, 0.5) is 24.7 Å². The normalized spacial score (nSPS) is 12.0. The maximum absolute atomic E-state index is 13.4. The predicted molar refractivity (Wildman–Crippen MR) is 121 cm³/mol. The first-order chi connectivity index (χ1) is 16.4. The summed E-state index contributed by atoms with van der Waals surface area (Å²) in [7, 11) is -3.77. The van der Waals surface area contributed by atoms with Gasteiger partial charge in [-0.15, -0.1) is 0 Å². The number of nitrogen functional groups attached to an aromatic ring is 1. The molecular weight excluding hydrogens is 485 g/mol. The van der Waals surface area contributed by atoms with Crippen molar-refractivity contribution in [3.05, 3.63) is 78.0 Å². The van der Waals surface area contributed by atoms with E-state index in [4.69, 9.17) is 5.73 Å². The van der Waals surface area contributed by atoms with Gasteiger partial charge in [-0.2, -0.15) is 13.2 Å². The number of alkyl halides is 3. The predicted octanol–water partition coefficient (Wildman–Crippen LogP) is 3.27. The molecule has 4 aromatic rings. The molecule has 4 rings (SSSR count). The minimum atomic E-state index is -4.78. The molecule has 0 aliphatic rings. The van der Waals surface area contributed by atoms with Crippen molar-refractivity contribution < 1.29 is 26.4 Å². The fourth-order valence-corrected chi connectivity index (χ4v) is 4.24. The lowest BCUT2D eigenvalue weighted by atomic mass is 10.1. The molecule has 0 aliphatic heterocycles. The number of rotatable bonds is 5. The zero-order valence-electron chi connectivity index (χ0n) is 18.1. The van der Waals surface area contributed by atoms with Crippen LogP contribution in [0.2, 0.25) is 0 Å². The van der Waals surface area contributed by atoms with Crippen LogP contribution in [-0.2, 0) is 22.6 Å². The van der Waals surface area contributed by atoms with Gasteiger partial charge in [0.05, 0.1) is 39.9 Å². The van der Waals surface area contributed by atoms with Gasteiger partial charge in [0, 0.05) is 18.6 Å². The second-order valence-electron chi connectivity index (χ2n) is 7.54. The van der Waals surface area contributed by atoms with Crippen LogP contribution in [0.5, 0.6) is 0 Å². The molecule has 0 atom stereocenters. The molecular formula is C22H17F3N6O3S. The van der Waals surface area contributed by atoms with Crippen molar-refractivity contribution >= 4 is 38.3 Å². The molecule has 180 valence electrons. The fraction of sp³-hybridized carbons (Fsp3) is 0.136. The Morgan fingerprint density at radius 3 is 2.34 bits per heavy atom. The highest BCUT2D eigenvalue weighted by Gasteiger charge is 2.35. The number of halogens is 3. The summed E-state index contributed by atoms with van der Waals surface area (Å²) in [6, 6.07) is 10.8. The van der Waals surface area contributed by atoms with Crippen molar-refractivity contribution in [2.45, 2.75) is 17.6 Å². The number of fused-ring (bicyclic) bond motifs is 1. The lowest BCUT2D eigenvalue weighted by molar-refractivity contribution is -0.145. The fourth-order valence-electron chi connectivity index (χ4n) is 3.35. The van der Waals surface area contributed by atoms with Gasteiger partial charge in [-0.05, 0) is 29.8 Å². The number of anilines is 2. The highest BCUT2D eigenvalue weighted by Crippen LogP contribution is 2.29. The van der Waals surface area contributed by atoms with E-state index in [2.05, 4.69) is 19.9 Å². The first-order valence-corrected chi connectivity index (χ1v) is 11.8. The van der Waals surface area contributed by atoms with E-state index in [0.29, 0.717) is 16.6 Å². The lowest BCUT2D eigenvalue weighted by Gasteiger charge is -2.25. The van der Waals surface area contributed by atoms with Gasteiger partial charge in [0.2, 0.25) is 5.82 Å². The van der Waals surface area contributed by atoms with Gasteiger partial charge in [-0.25, -0.2) is 23.4 Å². The third kappa shape index (κ3) is 5.19. The first kappa shape index (κ1) is 24.0. The average Bonchev–Trinajstić information content (AvgIpc) is 2.81. The molecule has 2 heterocycles. The third-order valence-corrected chi connectivity index (χ3v) is 6.06. The Labute approximate surface area is 197 Å². The van der Waals surface area contributed by atoms with Crippen molar-refractivity contribution in [3.8, 4) is 0 Å². The highest BCUT2D eigenvalue weighted by atomic mass is 32.2. The quantitative estimate of drug-likeness (QED) is 0.440. The molecule has 2 aromatic heterocycles. The molecule has 0 spiro atoms. The summed E-state index contributed by atoms with van der Waals surface area (Å²) in [5.74, 6) is -2.01. The van der Waals surface area contributed by atoms with Crippen molar-refractivity contribution in [2.24, 2.45) is 0 Å². The molecule has 1 amide bonds. The molecule has 13 heteroatoms. The number of amides is 1. The number of hydrogen-bond donors (Lipinski definition) is 1. The Kier molecular flexibility index (Phi) is 6.11. The van der Waals surface area contributed by atoms with Crippen molar-refractivity contribution in [1.29, 1.82) is 0 Å². The summed E-state index contributed by atoms with van der Waals surface area (Å²) in [5.41, 5.74) is 7.03. The van der Waals surface area contributed by atoms with E-state index in [1.165, 1.54) is 24.4 Å². The number of sulfone groups is 1. The SMILES string of the molecule is CS(=O)(=O)c1ccccc1N(Cc1ccc2ncc(N)nc2c1)C(=O)c1cnc(C(F)(F)F)nc1. The largest absolute Gasteiger partial charge is 0.451 e. The van der Waals surface area contributed by atoms with Crippen LogP contribution in [-0.4, -0.2) is 40.5 Å². The van der Waals surface area contributed by atoms with Crippen LogP contribution in [0.25, 0.3) is 11.0 Å². The molecule has 2 aromatic carbocycles. The van der Waals surface area contributed by atoms with E-state index >= 15 is 0 Å². The van der Waals surface area contributed by atoms with Crippen molar-refractivity contribution in [3.63, 3.8) is 0 Å². The van der Waals surface area contributed by atoms with Gasteiger partial charge in [0.1, 0.15) is 5.82 Å². The molecule has 2 N–H and O–H groups in total. The van der Waals surface area contributed by atoms with Crippen LogP contribution in [0.15, 0.2) is 66.0 Å². The maximum Gasteiger partial charge on any atom is 0.451 e. The Bertz CT molecular complexity index is 1530. The monoisotopic (exact) mass is 502 g/mol. The smallest absolute Gasteiger partial charge is 0.382 e. The van der Waals surface area contributed by atoms with E-state index < -0.39 is 27.7 Å². The molecule has 0 unspecified atom stereocenters. The number of carbonyl (C=O) groups is 1. The van der Waals surface area contributed by atoms with Gasteiger partial charge < -0.3 is 10.6 Å². The maximum atomic E-state index is 13.4. The van der Waals surface area contributed by atoms with Gasteiger partial charge >= 0.3 is 6.18 Å². The van der Waals surface area contributed by atoms with Crippen LogP contribution < -0.4 is 10.6 Å². The molecule has 0 bridgehead atoms. The van der Waals surface area contributed by atoms with E-state index in [-0.39, 0.29) is 28.5 Å². The Hall–Kier alpha value is -4.13. The lowest BCUT2D eigenvalue weighted by Crippen LogP contribution is -2.32. The second-order valence-corrected chi connectivity index (χ2v) is 9.53. The Balaban J connectivity index is 1.81. The van der Waals surface area contributed by atoms with Crippen molar-refractivity contribution in [1.82, 2.24) is 19.9 Å². The summed E-state index contributed by atoms with van der Waals surface area (Å²) < 4.78 is 63.4. The van der Waals surface area contributed by atoms with Crippen molar-refractivity contribution in [2.75, 3.05) is 16.9 Å². The Morgan fingerprint density at radius 2 is 1.69 bits per heavy atom. The van der Waals surface area contributed by atoms with Crippen LogP contribution in [0.1, 0.15) is 21.7 Å². The van der Waals surface area contributed by atoms with Gasteiger partial charge in [-0.3, -0.25) is 9.78 Å². The molecule has 35 heavy (non-hydrogen) atoms. The topological polar surface area (TPSA) is 132 Å². The first-order valence-electron chi connectivity index (χ1n) is 9.95. The number of para-hydroxylation sites is 1. The average molecular weight is 502 g/mol. The van der Waals surface area contributed by atoms with E-state index in [1.54, 1.807) is 24.3 Å².